The van der Waals surface area contributed by atoms with E-state index in [1.165, 1.54) is 64.2 Å². The molecule has 8 nitrogen and oxygen atoms in total. The molecule has 0 spiro atoms. The lowest BCUT2D eigenvalue weighted by molar-refractivity contribution is -0.161. The van der Waals surface area contributed by atoms with Crippen molar-refractivity contribution in [3.8, 4) is 0 Å². The molecule has 0 aliphatic heterocycles. The van der Waals surface area contributed by atoms with Crippen molar-refractivity contribution >= 4 is 19.8 Å². The second kappa shape index (κ2) is 32.2. The molecular weight excluding hydrogens is 591 g/mol. The highest BCUT2D eigenvalue weighted by Gasteiger charge is 2.24. The highest BCUT2D eigenvalue weighted by Crippen LogP contribution is 2.42. The van der Waals surface area contributed by atoms with Crippen LogP contribution in [0.5, 0.6) is 0 Å². The third-order valence-corrected chi connectivity index (χ3v) is 8.34. The predicted octanol–water partition coefficient (Wildman–Crippen LogP) is 10.5. The maximum atomic E-state index is 12.4. The van der Waals surface area contributed by atoms with Crippen LogP contribution in [0.25, 0.3) is 0 Å². The number of phosphoric ester groups is 1. The molecule has 45 heavy (non-hydrogen) atoms. The third-order valence-electron chi connectivity index (χ3n) is 7.40. The van der Waals surface area contributed by atoms with E-state index in [4.69, 9.17) is 14.0 Å². The zero-order valence-corrected chi connectivity index (χ0v) is 29.7. The molecule has 0 aliphatic rings. The maximum absolute atomic E-state index is 12.4. The van der Waals surface area contributed by atoms with Gasteiger partial charge in [0.25, 0.3) is 0 Å². The van der Waals surface area contributed by atoms with Crippen LogP contribution in [-0.4, -0.2) is 43.3 Å². The highest BCUT2D eigenvalue weighted by molar-refractivity contribution is 7.47. The summed E-state index contributed by atoms with van der Waals surface area (Å²) in [4.78, 5) is 34.2. The summed E-state index contributed by atoms with van der Waals surface area (Å²) in [6.45, 7) is 3.73. The van der Waals surface area contributed by atoms with Crippen molar-refractivity contribution in [1.82, 2.24) is 0 Å². The average Bonchev–Trinajstić information content (AvgIpc) is 3.03. The minimum atomic E-state index is -4.26. The molecule has 0 aliphatic carbocycles. The number of ether oxygens (including phenoxy) is 2. The molecule has 0 amide bonds. The van der Waals surface area contributed by atoms with Crippen LogP contribution in [0.4, 0.5) is 0 Å². The molecular formula is C36H65O8P. The number of phosphoric acid groups is 1. The normalized spacial score (nSPS) is 14.0. The standard InChI is InChI=1S/C36H65O8P/c1-4-6-8-10-12-14-16-18-20-22-24-26-28-30-35(37)42-32-34(33-43-45(39,40)41-3)44-36(38)31-29-27-25-23-21-19-17-15-13-11-9-7-5-2/h7,9,13,15,19,21,34H,4-6,8,10-12,14,16-18,20,22-33H2,1-3H3,(H,39,40)/b9-7-,15-13-,21-19-. The van der Waals surface area contributed by atoms with Crippen molar-refractivity contribution < 1.29 is 37.6 Å². The number of hydrogen-bond donors (Lipinski definition) is 1. The van der Waals surface area contributed by atoms with Gasteiger partial charge in [0, 0.05) is 20.0 Å². The Bertz CT molecular complexity index is 839. The van der Waals surface area contributed by atoms with Crippen LogP contribution in [0, 0.1) is 0 Å². The van der Waals surface area contributed by atoms with Gasteiger partial charge in [0.15, 0.2) is 6.10 Å². The predicted molar refractivity (Wildman–Crippen MR) is 184 cm³/mol. The summed E-state index contributed by atoms with van der Waals surface area (Å²) in [5.41, 5.74) is 0. The number of hydrogen-bond acceptors (Lipinski definition) is 7. The maximum Gasteiger partial charge on any atom is 0.472 e. The number of carbonyl (C=O) groups excluding carboxylic acids is 2. The molecule has 0 saturated heterocycles. The molecule has 0 heterocycles. The molecule has 9 heteroatoms. The summed E-state index contributed by atoms with van der Waals surface area (Å²) in [5, 5.41) is 0. The van der Waals surface area contributed by atoms with E-state index in [-0.39, 0.29) is 25.4 Å². The molecule has 2 atom stereocenters. The quantitative estimate of drug-likeness (QED) is 0.0330. The molecule has 0 radical (unpaired) electrons. The van der Waals surface area contributed by atoms with Gasteiger partial charge in [0.1, 0.15) is 6.61 Å². The zero-order chi connectivity index (χ0) is 33.3. The van der Waals surface area contributed by atoms with Gasteiger partial charge in [-0.1, -0.05) is 134 Å². The molecule has 262 valence electrons. The zero-order valence-electron chi connectivity index (χ0n) is 28.8. The summed E-state index contributed by atoms with van der Waals surface area (Å²) >= 11 is 0. The first kappa shape index (κ1) is 43.3. The van der Waals surface area contributed by atoms with E-state index in [9.17, 15) is 19.0 Å². The number of allylic oxidation sites excluding steroid dienone is 6. The Morgan fingerprint density at radius 1 is 0.644 bits per heavy atom. The topological polar surface area (TPSA) is 108 Å². The van der Waals surface area contributed by atoms with Gasteiger partial charge in [-0.05, 0) is 44.9 Å². The Labute approximate surface area is 275 Å². The smallest absolute Gasteiger partial charge is 0.462 e. The van der Waals surface area contributed by atoms with Gasteiger partial charge < -0.3 is 14.4 Å². The second-order valence-corrected chi connectivity index (χ2v) is 13.2. The van der Waals surface area contributed by atoms with Crippen LogP contribution in [0.2, 0.25) is 0 Å². The van der Waals surface area contributed by atoms with Crippen molar-refractivity contribution in [2.45, 2.75) is 161 Å². The van der Waals surface area contributed by atoms with E-state index in [1.807, 2.05) is 0 Å². The average molecular weight is 657 g/mol. The fourth-order valence-corrected chi connectivity index (χ4v) is 5.13. The van der Waals surface area contributed by atoms with Crippen LogP contribution in [-0.2, 0) is 32.7 Å². The van der Waals surface area contributed by atoms with Crippen molar-refractivity contribution in [2.75, 3.05) is 20.3 Å². The fourth-order valence-electron chi connectivity index (χ4n) is 4.67. The van der Waals surface area contributed by atoms with Crippen LogP contribution in [0.15, 0.2) is 36.5 Å². The lowest BCUT2D eigenvalue weighted by atomic mass is 10.0. The lowest BCUT2D eigenvalue weighted by Crippen LogP contribution is -2.29. The van der Waals surface area contributed by atoms with E-state index >= 15 is 0 Å². The Balaban J connectivity index is 4.14. The van der Waals surface area contributed by atoms with Crippen molar-refractivity contribution in [3.05, 3.63) is 36.5 Å². The van der Waals surface area contributed by atoms with Gasteiger partial charge in [0.05, 0.1) is 6.61 Å². The second-order valence-electron chi connectivity index (χ2n) is 11.6. The number of esters is 2. The van der Waals surface area contributed by atoms with Crippen LogP contribution < -0.4 is 0 Å². The molecule has 0 saturated carbocycles. The number of carbonyl (C=O) groups is 2. The van der Waals surface area contributed by atoms with Gasteiger partial charge in [-0.25, -0.2) is 4.57 Å². The van der Waals surface area contributed by atoms with E-state index < -0.39 is 26.5 Å². The first-order chi connectivity index (χ1) is 21.8. The van der Waals surface area contributed by atoms with Crippen molar-refractivity contribution in [3.63, 3.8) is 0 Å². The van der Waals surface area contributed by atoms with Crippen molar-refractivity contribution in [2.24, 2.45) is 0 Å². The molecule has 0 fully saturated rings. The van der Waals surface area contributed by atoms with E-state index in [0.717, 1.165) is 64.9 Å². The summed E-state index contributed by atoms with van der Waals surface area (Å²) in [6.07, 6.45) is 34.8. The van der Waals surface area contributed by atoms with Crippen LogP contribution >= 0.6 is 7.82 Å². The van der Waals surface area contributed by atoms with Gasteiger partial charge in [-0.3, -0.25) is 18.6 Å². The summed E-state index contributed by atoms with van der Waals surface area (Å²) in [6, 6.07) is 0. The minimum absolute atomic E-state index is 0.211. The molecule has 1 N–H and O–H groups in total. The van der Waals surface area contributed by atoms with Gasteiger partial charge >= 0.3 is 19.8 Å². The minimum Gasteiger partial charge on any atom is -0.462 e. The molecule has 2 unspecified atom stereocenters. The molecule has 0 aromatic rings. The first-order valence-electron chi connectivity index (χ1n) is 17.7. The van der Waals surface area contributed by atoms with Crippen molar-refractivity contribution in [1.29, 1.82) is 0 Å². The summed E-state index contributed by atoms with van der Waals surface area (Å²) < 4.78 is 31.8. The third kappa shape index (κ3) is 32.0. The SMILES string of the molecule is CC/C=C\C/C=C\C/C=C\CCCCCC(=O)OC(COC(=O)CCCCCCCCCCCCCCC)COP(=O)(O)OC. The van der Waals surface area contributed by atoms with Crippen LogP contribution in [0.3, 0.4) is 0 Å². The Morgan fingerprint density at radius 3 is 1.69 bits per heavy atom. The lowest BCUT2D eigenvalue weighted by Gasteiger charge is -2.19. The first-order valence-corrected chi connectivity index (χ1v) is 19.2. The Morgan fingerprint density at radius 2 is 1.13 bits per heavy atom. The summed E-state index contributed by atoms with van der Waals surface area (Å²) in [5.74, 6) is -0.839. The molecule has 0 aromatic heterocycles. The molecule has 0 aromatic carbocycles. The number of rotatable bonds is 32. The largest absolute Gasteiger partial charge is 0.472 e. The van der Waals surface area contributed by atoms with Gasteiger partial charge in [0.2, 0.25) is 0 Å². The van der Waals surface area contributed by atoms with E-state index in [0.29, 0.717) is 6.42 Å². The molecule has 0 bridgehead atoms. The fraction of sp³-hybridized carbons (Fsp3) is 0.778. The highest BCUT2D eigenvalue weighted by atomic mass is 31.2. The monoisotopic (exact) mass is 656 g/mol. The van der Waals surface area contributed by atoms with Gasteiger partial charge in [-0.15, -0.1) is 0 Å². The summed E-state index contributed by atoms with van der Waals surface area (Å²) in [7, 11) is -3.21. The Hall–Kier alpha value is -1.73. The van der Waals surface area contributed by atoms with Gasteiger partial charge in [-0.2, -0.15) is 0 Å². The molecule has 0 rings (SSSR count). The number of unbranched alkanes of at least 4 members (excludes halogenated alkanes) is 15. The van der Waals surface area contributed by atoms with Crippen LogP contribution in [0.1, 0.15) is 155 Å². The van der Waals surface area contributed by atoms with E-state index in [2.05, 4.69) is 54.8 Å². The van der Waals surface area contributed by atoms with E-state index in [1.54, 1.807) is 0 Å². The Kier molecular flexibility index (Phi) is 31.0.